The van der Waals surface area contributed by atoms with Gasteiger partial charge in [0.2, 0.25) is 0 Å². The largest absolute Gasteiger partial charge is 0.324 e. The Bertz CT molecular complexity index is 400. The summed E-state index contributed by atoms with van der Waals surface area (Å²) in [6.07, 6.45) is 0.894. The van der Waals surface area contributed by atoms with E-state index in [4.69, 9.17) is 5.73 Å². The molecule has 0 unspecified atom stereocenters. The van der Waals surface area contributed by atoms with Crippen molar-refractivity contribution >= 4 is 12.4 Å². The number of rotatable bonds is 3. The molecule has 0 heterocycles. The topological polar surface area (TPSA) is 26.0 Å². The summed E-state index contributed by atoms with van der Waals surface area (Å²) in [7, 11) is 0. The van der Waals surface area contributed by atoms with Crippen LogP contribution in [-0.2, 0) is 6.42 Å². The van der Waals surface area contributed by atoms with Crippen molar-refractivity contribution in [3.8, 4) is 0 Å². The van der Waals surface area contributed by atoms with Crippen molar-refractivity contribution in [1.82, 2.24) is 0 Å². The Morgan fingerprint density at radius 3 is 1.88 bits per heavy atom. The molecule has 0 saturated heterocycles. The third-order valence-electron chi connectivity index (χ3n) is 2.53. The number of halogens is 1. The molecule has 2 N–H and O–H groups in total. The van der Waals surface area contributed by atoms with Crippen LogP contribution in [0.4, 0.5) is 0 Å². The van der Waals surface area contributed by atoms with Crippen molar-refractivity contribution in [2.24, 2.45) is 5.73 Å². The highest BCUT2D eigenvalue weighted by atomic mass is 35.5. The molecule has 84 valence electrons. The molecule has 2 heteroatoms. The molecule has 2 aromatic rings. The number of hydrogen-bond acceptors (Lipinski definition) is 1. The average Bonchev–Trinajstić information content (AvgIpc) is 2.31. The van der Waals surface area contributed by atoms with Gasteiger partial charge in [0.15, 0.2) is 0 Å². The Kier molecular flexibility index (Phi) is 5.03. The zero-order valence-corrected chi connectivity index (χ0v) is 9.86. The first-order chi connectivity index (χ1) is 7.36. The normalized spacial score (nSPS) is 11.6. The van der Waals surface area contributed by atoms with Crippen LogP contribution in [0.25, 0.3) is 0 Å². The van der Waals surface area contributed by atoms with E-state index in [9.17, 15) is 0 Å². The standard InChI is InChI=1S/C14H15N.ClH/c15-14(13-9-5-2-6-10-13)11-12-7-3-1-4-8-12;/h1-10,14H,11,15H2;1H/t14-;/m0./s1. The van der Waals surface area contributed by atoms with Crippen molar-refractivity contribution in [2.45, 2.75) is 12.5 Å². The Balaban J connectivity index is 0.00000128. The summed E-state index contributed by atoms with van der Waals surface area (Å²) in [5.74, 6) is 0. The minimum absolute atomic E-state index is 0. The molecule has 0 amide bonds. The van der Waals surface area contributed by atoms with E-state index in [2.05, 4.69) is 24.3 Å². The van der Waals surface area contributed by atoms with Crippen LogP contribution >= 0.6 is 12.4 Å². The number of benzene rings is 2. The van der Waals surface area contributed by atoms with Gasteiger partial charge in [0.05, 0.1) is 0 Å². The van der Waals surface area contributed by atoms with E-state index >= 15 is 0 Å². The Hall–Kier alpha value is -1.31. The van der Waals surface area contributed by atoms with Gasteiger partial charge in [-0.1, -0.05) is 60.7 Å². The van der Waals surface area contributed by atoms with Crippen molar-refractivity contribution in [1.29, 1.82) is 0 Å². The zero-order valence-electron chi connectivity index (χ0n) is 9.04. The molecular weight excluding hydrogens is 218 g/mol. The second kappa shape index (κ2) is 6.31. The lowest BCUT2D eigenvalue weighted by Crippen LogP contribution is -2.12. The summed E-state index contributed by atoms with van der Waals surface area (Å²) in [5, 5.41) is 0. The third kappa shape index (κ3) is 3.37. The first kappa shape index (κ1) is 12.8. The minimum Gasteiger partial charge on any atom is -0.324 e. The van der Waals surface area contributed by atoms with Crippen LogP contribution < -0.4 is 5.73 Å². The third-order valence-corrected chi connectivity index (χ3v) is 2.53. The fourth-order valence-electron chi connectivity index (χ4n) is 1.69. The Labute approximate surface area is 103 Å². The minimum atomic E-state index is 0. The summed E-state index contributed by atoms with van der Waals surface area (Å²) in [6, 6.07) is 20.7. The molecule has 0 spiro atoms. The highest BCUT2D eigenvalue weighted by molar-refractivity contribution is 5.85. The van der Waals surface area contributed by atoms with Crippen molar-refractivity contribution < 1.29 is 0 Å². The van der Waals surface area contributed by atoms with Gasteiger partial charge >= 0.3 is 0 Å². The van der Waals surface area contributed by atoms with E-state index in [1.807, 2.05) is 36.4 Å². The molecule has 1 atom stereocenters. The molecule has 0 aliphatic carbocycles. The summed E-state index contributed by atoms with van der Waals surface area (Å²) in [5.41, 5.74) is 8.61. The van der Waals surface area contributed by atoms with Gasteiger partial charge in [0.25, 0.3) is 0 Å². The first-order valence-electron chi connectivity index (χ1n) is 5.21. The van der Waals surface area contributed by atoms with Crippen molar-refractivity contribution in [2.75, 3.05) is 0 Å². The highest BCUT2D eigenvalue weighted by Crippen LogP contribution is 2.15. The monoisotopic (exact) mass is 233 g/mol. The van der Waals surface area contributed by atoms with Crippen LogP contribution in [0.1, 0.15) is 17.2 Å². The molecule has 2 aromatic carbocycles. The van der Waals surface area contributed by atoms with Crippen LogP contribution in [0, 0.1) is 0 Å². The molecule has 0 fully saturated rings. The van der Waals surface area contributed by atoms with Gasteiger partial charge in [-0.3, -0.25) is 0 Å². The van der Waals surface area contributed by atoms with Crippen LogP contribution in [0.2, 0.25) is 0 Å². The van der Waals surface area contributed by atoms with Crippen molar-refractivity contribution in [3.63, 3.8) is 0 Å². The summed E-state index contributed by atoms with van der Waals surface area (Å²) < 4.78 is 0. The predicted molar refractivity (Wildman–Crippen MR) is 70.8 cm³/mol. The molecule has 0 bridgehead atoms. The quantitative estimate of drug-likeness (QED) is 0.865. The van der Waals surface area contributed by atoms with Gasteiger partial charge < -0.3 is 5.73 Å². The van der Waals surface area contributed by atoms with E-state index in [0.29, 0.717) is 0 Å². The molecule has 0 saturated carbocycles. The fraction of sp³-hybridized carbons (Fsp3) is 0.143. The molecule has 2 rings (SSSR count). The summed E-state index contributed by atoms with van der Waals surface area (Å²) in [6.45, 7) is 0. The van der Waals surface area contributed by atoms with E-state index in [1.54, 1.807) is 0 Å². The Morgan fingerprint density at radius 1 is 0.812 bits per heavy atom. The van der Waals surface area contributed by atoms with Crippen LogP contribution in [0.3, 0.4) is 0 Å². The zero-order chi connectivity index (χ0) is 10.5. The molecule has 1 nitrogen and oxygen atoms in total. The van der Waals surface area contributed by atoms with Gasteiger partial charge in [-0.15, -0.1) is 12.4 Å². The lowest BCUT2D eigenvalue weighted by Gasteiger charge is -2.11. The van der Waals surface area contributed by atoms with Gasteiger partial charge in [0, 0.05) is 6.04 Å². The van der Waals surface area contributed by atoms with Gasteiger partial charge in [-0.25, -0.2) is 0 Å². The highest BCUT2D eigenvalue weighted by Gasteiger charge is 2.05. The molecule has 0 aliphatic rings. The molecular formula is C14H16ClN. The van der Waals surface area contributed by atoms with Crippen molar-refractivity contribution in [3.05, 3.63) is 71.8 Å². The van der Waals surface area contributed by atoms with Gasteiger partial charge in [0.1, 0.15) is 0 Å². The van der Waals surface area contributed by atoms with E-state index in [-0.39, 0.29) is 18.4 Å². The lowest BCUT2D eigenvalue weighted by molar-refractivity contribution is 0.722. The maximum absolute atomic E-state index is 6.13. The van der Waals surface area contributed by atoms with Gasteiger partial charge in [-0.05, 0) is 17.5 Å². The maximum atomic E-state index is 6.13. The second-order valence-electron chi connectivity index (χ2n) is 3.71. The second-order valence-corrected chi connectivity index (χ2v) is 3.71. The van der Waals surface area contributed by atoms with Crippen LogP contribution in [-0.4, -0.2) is 0 Å². The number of nitrogens with two attached hydrogens (primary N) is 1. The SMILES string of the molecule is Cl.N[C@@H](Cc1ccccc1)c1ccccc1. The smallest absolute Gasteiger partial charge is 0.0335 e. The fourth-order valence-corrected chi connectivity index (χ4v) is 1.69. The molecule has 0 aliphatic heterocycles. The average molecular weight is 234 g/mol. The summed E-state index contributed by atoms with van der Waals surface area (Å²) >= 11 is 0. The molecule has 0 aromatic heterocycles. The van der Waals surface area contributed by atoms with Crippen LogP contribution in [0.5, 0.6) is 0 Å². The van der Waals surface area contributed by atoms with E-state index < -0.39 is 0 Å². The van der Waals surface area contributed by atoms with E-state index in [0.717, 1.165) is 6.42 Å². The molecule has 0 radical (unpaired) electrons. The predicted octanol–water partition coefficient (Wildman–Crippen LogP) is 3.35. The first-order valence-corrected chi connectivity index (χ1v) is 5.21. The number of hydrogen-bond donors (Lipinski definition) is 1. The lowest BCUT2D eigenvalue weighted by atomic mass is 10.00. The Morgan fingerprint density at radius 2 is 1.31 bits per heavy atom. The van der Waals surface area contributed by atoms with Crippen LogP contribution in [0.15, 0.2) is 60.7 Å². The maximum Gasteiger partial charge on any atom is 0.0335 e. The summed E-state index contributed by atoms with van der Waals surface area (Å²) in [4.78, 5) is 0. The van der Waals surface area contributed by atoms with E-state index in [1.165, 1.54) is 11.1 Å². The van der Waals surface area contributed by atoms with Gasteiger partial charge in [-0.2, -0.15) is 0 Å². The molecule has 16 heavy (non-hydrogen) atoms.